The number of allylic oxidation sites excluding steroid dienone is 4. The topological polar surface area (TPSA) is 0 Å². The first-order valence-electron chi connectivity index (χ1n) is 16.5. The summed E-state index contributed by atoms with van der Waals surface area (Å²) in [6.07, 6.45) is 18.2. The number of hydrogen-bond donors (Lipinski definition) is 0. The van der Waals surface area contributed by atoms with Crippen LogP contribution in [0.1, 0.15) is 149 Å². The Hall–Kier alpha value is 0.440. The summed E-state index contributed by atoms with van der Waals surface area (Å²) in [5.41, 5.74) is 0. The van der Waals surface area contributed by atoms with Crippen molar-refractivity contribution in [1.29, 1.82) is 0 Å². The molecule has 0 aliphatic carbocycles. The van der Waals surface area contributed by atoms with Gasteiger partial charge < -0.3 is 0 Å². The molecule has 0 fully saturated rings. The fourth-order valence-corrected chi connectivity index (χ4v) is 5.49. The van der Waals surface area contributed by atoms with Crippen LogP contribution in [0.5, 0.6) is 0 Å². The molecule has 0 aliphatic heterocycles. The van der Waals surface area contributed by atoms with E-state index in [0.29, 0.717) is 0 Å². The third kappa shape index (κ3) is 45.6. The van der Waals surface area contributed by atoms with Crippen LogP contribution in [0.3, 0.4) is 0 Å². The number of halogens is 2. The van der Waals surface area contributed by atoms with Crippen molar-refractivity contribution in [1.82, 2.24) is 0 Å². The van der Waals surface area contributed by atoms with Crippen LogP contribution in [0.15, 0.2) is 24.3 Å². The van der Waals surface area contributed by atoms with Gasteiger partial charge in [-0.05, 0) is 98.7 Å². The molecular formula is C37H76Br2. The lowest BCUT2D eigenvalue weighted by Crippen LogP contribution is -2.06. The predicted molar refractivity (Wildman–Crippen MR) is 195 cm³/mol. The summed E-state index contributed by atoms with van der Waals surface area (Å²) in [4.78, 5) is 0. The second kappa shape index (κ2) is 32.9. The third-order valence-corrected chi connectivity index (χ3v) is 8.80. The first kappa shape index (κ1) is 46.4. The van der Waals surface area contributed by atoms with E-state index in [4.69, 9.17) is 0 Å². The van der Waals surface area contributed by atoms with Crippen molar-refractivity contribution in [2.24, 2.45) is 53.3 Å². The maximum atomic E-state index is 3.51. The Bertz CT molecular complexity index is 506. The Kier molecular flexibility index (Phi) is 39.2. The molecule has 0 aromatic rings. The molecule has 1 unspecified atom stereocenters. The maximum Gasteiger partial charge on any atom is 0.00571 e. The van der Waals surface area contributed by atoms with Gasteiger partial charge in [-0.2, -0.15) is 0 Å². The lowest BCUT2D eigenvalue weighted by Gasteiger charge is -2.16. The van der Waals surface area contributed by atoms with Gasteiger partial charge in [-0.15, -0.1) is 0 Å². The summed E-state index contributed by atoms with van der Waals surface area (Å²) in [5, 5.41) is 2.29. The first-order chi connectivity index (χ1) is 18.1. The van der Waals surface area contributed by atoms with E-state index in [-0.39, 0.29) is 0 Å². The normalized spacial score (nSPS) is 16.1. The minimum Gasteiger partial charge on any atom is -0.0925 e. The fourth-order valence-electron chi connectivity index (χ4n) is 4.97. The number of rotatable bonds is 16. The average Bonchev–Trinajstić information content (AvgIpc) is 2.82. The average molecular weight is 681 g/mol. The molecule has 0 radical (unpaired) electrons. The zero-order valence-corrected chi connectivity index (χ0v) is 32.8. The van der Waals surface area contributed by atoms with Crippen LogP contribution in [0.25, 0.3) is 0 Å². The van der Waals surface area contributed by atoms with E-state index in [0.717, 1.165) is 63.9 Å². The Morgan fingerprint density at radius 2 is 0.872 bits per heavy atom. The molecule has 0 amide bonds. The monoisotopic (exact) mass is 678 g/mol. The summed E-state index contributed by atoms with van der Waals surface area (Å²) >= 11 is 6.95. The highest BCUT2D eigenvalue weighted by Crippen LogP contribution is 2.21. The Balaban J connectivity index is -0.000000216. The van der Waals surface area contributed by atoms with E-state index in [2.05, 4.69) is 160 Å². The molecule has 0 saturated heterocycles. The zero-order valence-electron chi connectivity index (χ0n) is 29.6. The van der Waals surface area contributed by atoms with Gasteiger partial charge in [0.15, 0.2) is 0 Å². The molecular weight excluding hydrogens is 604 g/mol. The molecule has 0 aromatic heterocycles. The highest BCUT2D eigenvalue weighted by Gasteiger charge is 2.09. The minimum atomic E-state index is 0.758. The van der Waals surface area contributed by atoms with Gasteiger partial charge in [-0.1, -0.05) is 160 Å². The Morgan fingerprint density at radius 1 is 0.487 bits per heavy atom. The van der Waals surface area contributed by atoms with Crippen molar-refractivity contribution in [3.8, 4) is 0 Å². The Labute approximate surface area is 267 Å². The van der Waals surface area contributed by atoms with Crippen molar-refractivity contribution in [2.75, 3.05) is 10.7 Å². The molecule has 2 heteroatoms. The van der Waals surface area contributed by atoms with Crippen molar-refractivity contribution < 1.29 is 0 Å². The van der Waals surface area contributed by atoms with Crippen molar-refractivity contribution in [2.45, 2.75) is 149 Å². The molecule has 0 N–H and O–H groups in total. The standard InChI is InChI=1S/C13H26.C10H21Br.C7H15Br.C7H14/c1-6-7-8-12(4)10-13(5)9-11(2)3;1-8(2)5-9(3)6-10(4)7-11;1-6(2)4-7(3)5-8;1-4-6-7(3)5-2/h7-8,11-13H,6,9-10H2,1-5H3;8-10H,5-7H2,1-4H3;6-7H,4-5H2,1-3H3;4,6-7H,5H2,1-3H3/b8-7+;;;6-4+/t12-,13+;9-,10-;7-;/m011./s1. The van der Waals surface area contributed by atoms with Gasteiger partial charge in [-0.3, -0.25) is 0 Å². The molecule has 0 saturated carbocycles. The van der Waals surface area contributed by atoms with Crippen molar-refractivity contribution in [3.05, 3.63) is 24.3 Å². The van der Waals surface area contributed by atoms with Gasteiger partial charge in [0.25, 0.3) is 0 Å². The summed E-state index contributed by atoms with van der Waals surface area (Å²) < 4.78 is 0. The largest absolute Gasteiger partial charge is 0.0925 e. The summed E-state index contributed by atoms with van der Waals surface area (Å²) in [5.74, 6) is 7.52. The van der Waals surface area contributed by atoms with E-state index in [9.17, 15) is 0 Å². The van der Waals surface area contributed by atoms with Crippen LogP contribution in [-0.2, 0) is 0 Å². The van der Waals surface area contributed by atoms with Gasteiger partial charge >= 0.3 is 0 Å². The molecule has 0 rings (SSSR count). The van der Waals surface area contributed by atoms with E-state index in [1.165, 1.54) is 44.9 Å². The van der Waals surface area contributed by atoms with Gasteiger partial charge in [-0.25, -0.2) is 0 Å². The molecule has 238 valence electrons. The second-order valence-electron chi connectivity index (χ2n) is 13.8. The van der Waals surface area contributed by atoms with Gasteiger partial charge in [0.2, 0.25) is 0 Å². The SMILES string of the molecule is C/C=C/C(C)CC.CC(C)C[C@@H](C)CBr.CC(C)C[C@@H](C)C[C@@H](C)CBr.CC/C=C/[C@H](C)C[C@H](C)CC(C)C. The molecule has 0 bridgehead atoms. The van der Waals surface area contributed by atoms with Crippen molar-refractivity contribution >= 4 is 31.9 Å². The lowest BCUT2D eigenvalue weighted by atomic mass is 9.90. The number of alkyl halides is 2. The van der Waals surface area contributed by atoms with Gasteiger partial charge in [0.1, 0.15) is 0 Å². The van der Waals surface area contributed by atoms with Crippen molar-refractivity contribution in [3.63, 3.8) is 0 Å². The first-order valence-corrected chi connectivity index (χ1v) is 18.7. The summed E-state index contributed by atoms with van der Waals surface area (Å²) in [7, 11) is 0. The minimum absolute atomic E-state index is 0.758. The summed E-state index contributed by atoms with van der Waals surface area (Å²) in [6.45, 7) is 34.1. The molecule has 0 aliphatic rings. The molecule has 39 heavy (non-hydrogen) atoms. The highest BCUT2D eigenvalue weighted by molar-refractivity contribution is 9.09. The van der Waals surface area contributed by atoms with Crippen LogP contribution in [-0.4, -0.2) is 10.7 Å². The van der Waals surface area contributed by atoms with E-state index < -0.39 is 0 Å². The third-order valence-electron chi connectivity index (χ3n) is 6.59. The maximum absolute atomic E-state index is 3.51. The van der Waals surface area contributed by atoms with Crippen LogP contribution in [0, 0.1) is 53.3 Å². The predicted octanol–water partition coefficient (Wildman–Crippen LogP) is 14.4. The lowest BCUT2D eigenvalue weighted by molar-refractivity contribution is 0.371. The molecule has 0 heterocycles. The second-order valence-corrected chi connectivity index (χ2v) is 15.1. The van der Waals surface area contributed by atoms with Gasteiger partial charge in [0, 0.05) is 10.7 Å². The van der Waals surface area contributed by atoms with Crippen LogP contribution < -0.4 is 0 Å². The molecule has 6 atom stereocenters. The quantitative estimate of drug-likeness (QED) is 0.112. The Morgan fingerprint density at radius 3 is 1.15 bits per heavy atom. The molecule has 0 aromatic carbocycles. The van der Waals surface area contributed by atoms with E-state index >= 15 is 0 Å². The highest BCUT2D eigenvalue weighted by atomic mass is 79.9. The fraction of sp³-hybridized carbons (Fsp3) is 0.892. The smallest absolute Gasteiger partial charge is 0.00571 e. The van der Waals surface area contributed by atoms with E-state index in [1.54, 1.807) is 0 Å². The van der Waals surface area contributed by atoms with Crippen LogP contribution >= 0.6 is 31.9 Å². The zero-order chi connectivity index (χ0) is 31.4. The van der Waals surface area contributed by atoms with Gasteiger partial charge in [0.05, 0.1) is 0 Å². The molecule has 0 spiro atoms. The van der Waals surface area contributed by atoms with Crippen LogP contribution in [0.2, 0.25) is 0 Å². The molecule has 0 nitrogen and oxygen atoms in total. The van der Waals surface area contributed by atoms with E-state index in [1.807, 2.05) is 0 Å². The van der Waals surface area contributed by atoms with Crippen LogP contribution in [0.4, 0.5) is 0 Å². The summed E-state index contributed by atoms with van der Waals surface area (Å²) in [6, 6.07) is 0. The number of hydrogen-bond acceptors (Lipinski definition) is 0.